The lowest BCUT2D eigenvalue weighted by Crippen LogP contribution is -2.35. The van der Waals surface area contributed by atoms with Crippen molar-refractivity contribution in [3.63, 3.8) is 0 Å². The summed E-state index contributed by atoms with van der Waals surface area (Å²) in [4.78, 5) is -0.896. The Morgan fingerprint density at radius 1 is 0.793 bits per heavy atom. The predicted octanol–water partition coefficient (Wildman–Crippen LogP) is 2.89. The predicted molar refractivity (Wildman–Crippen MR) is 104 cm³/mol. The Kier molecular flexibility index (Phi) is 5.12. The van der Waals surface area contributed by atoms with E-state index in [-0.39, 0.29) is 23.5 Å². The van der Waals surface area contributed by atoms with Crippen LogP contribution in [-0.2, 0) is 26.5 Å². The second-order valence-electron chi connectivity index (χ2n) is 7.13. The molecule has 1 fully saturated rings. The van der Waals surface area contributed by atoms with Crippen LogP contribution in [-0.4, -0.2) is 40.8 Å². The van der Waals surface area contributed by atoms with Gasteiger partial charge >= 0.3 is 0 Å². The summed E-state index contributed by atoms with van der Waals surface area (Å²) in [6.45, 7) is 0.914. The molecule has 0 aliphatic carbocycles. The number of piperidine rings is 1. The minimum absolute atomic E-state index is 0.0152. The maximum atomic E-state index is 14.1. The molecule has 4 rings (SSSR count). The molecule has 0 bridgehead atoms. The molecule has 0 unspecified atom stereocenters. The van der Waals surface area contributed by atoms with Gasteiger partial charge in [-0.1, -0.05) is 12.5 Å². The molecule has 2 heterocycles. The fourth-order valence-corrected chi connectivity index (χ4v) is 7.04. The third-order valence-corrected chi connectivity index (χ3v) is 9.08. The Bertz CT molecular complexity index is 1140. The second-order valence-corrected chi connectivity index (χ2v) is 10.9. The summed E-state index contributed by atoms with van der Waals surface area (Å²) < 4.78 is 82.0. The van der Waals surface area contributed by atoms with Crippen molar-refractivity contribution in [2.75, 3.05) is 23.9 Å². The number of benzene rings is 2. The topological polar surface area (TPSA) is 74.8 Å². The van der Waals surface area contributed by atoms with Gasteiger partial charge in [0.25, 0.3) is 10.0 Å². The van der Waals surface area contributed by atoms with Gasteiger partial charge in [-0.25, -0.2) is 25.6 Å². The first-order valence-corrected chi connectivity index (χ1v) is 12.2. The smallest absolute Gasteiger partial charge is 0.266 e. The lowest BCUT2D eigenvalue weighted by Gasteiger charge is -2.26. The summed E-state index contributed by atoms with van der Waals surface area (Å²) in [5, 5.41) is 0. The average molecular weight is 443 g/mol. The molecule has 0 spiro atoms. The van der Waals surface area contributed by atoms with Gasteiger partial charge < -0.3 is 0 Å². The maximum absolute atomic E-state index is 14.1. The van der Waals surface area contributed by atoms with Gasteiger partial charge in [0.1, 0.15) is 11.6 Å². The first-order chi connectivity index (χ1) is 13.7. The summed E-state index contributed by atoms with van der Waals surface area (Å²) in [5.41, 5.74) is 0.758. The zero-order valence-electron chi connectivity index (χ0n) is 15.5. The Balaban J connectivity index is 1.71. The molecule has 0 atom stereocenters. The van der Waals surface area contributed by atoms with Crippen LogP contribution in [0.3, 0.4) is 0 Å². The molecule has 2 aliphatic heterocycles. The molecular weight excluding hydrogens is 422 g/mol. The van der Waals surface area contributed by atoms with Crippen molar-refractivity contribution in [3.05, 3.63) is 53.6 Å². The van der Waals surface area contributed by atoms with E-state index in [2.05, 4.69) is 0 Å². The van der Waals surface area contributed by atoms with Crippen molar-refractivity contribution in [1.82, 2.24) is 4.31 Å². The van der Waals surface area contributed by atoms with Crippen LogP contribution >= 0.6 is 0 Å². The van der Waals surface area contributed by atoms with Gasteiger partial charge in [0.2, 0.25) is 10.0 Å². The lowest BCUT2D eigenvalue weighted by atomic mass is 10.2. The Hall–Kier alpha value is -2.04. The first kappa shape index (κ1) is 20.2. The zero-order chi connectivity index (χ0) is 20.8. The number of nitrogens with zero attached hydrogens (tertiary/aromatic N) is 2. The van der Waals surface area contributed by atoms with E-state index in [1.165, 1.54) is 22.5 Å². The Morgan fingerprint density at radius 2 is 1.45 bits per heavy atom. The van der Waals surface area contributed by atoms with Crippen molar-refractivity contribution in [2.45, 2.75) is 35.5 Å². The Morgan fingerprint density at radius 3 is 2.10 bits per heavy atom. The molecule has 29 heavy (non-hydrogen) atoms. The van der Waals surface area contributed by atoms with Crippen molar-refractivity contribution in [3.8, 4) is 0 Å². The summed E-state index contributed by atoms with van der Waals surface area (Å²) in [6.07, 6.45) is 2.87. The molecule has 1 saturated heterocycles. The lowest BCUT2D eigenvalue weighted by molar-refractivity contribution is 0.346. The second kappa shape index (κ2) is 7.33. The number of hydrogen-bond acceptors (Lipinski definition) is 4. The molecular formula is C19H20F2N2O4S2. The van der Waals surface area contributed by atoms with Crippen molar-refractivity contribution < 1.29 is 25.6 Å². The van der Waals surface area contributed by atoms with Gasteiger partial charge in [0.05, 0.1) is 10.6 Å². The highest BCUT2D eigenvalue weighted by molar-refractivity contribution is 7.93. The van der Waals surface area contributed by atoms with Gasteiger partial charge in [0.15, 0.2) is 4.90 Å². The fourth-order valence-electron chi connectivity index (χ4n) is 3.85. The van der Waals surface area contributed by atoms with Gasteiger partial charge in [-0.05, 0) is 55.2 Å². The summed E-state index contributed by atoms with van der Waals surface area (Å²) in [6, 6.07) is 7.10. The molecule has 2 aliphatic rings. The van der Waals surface area contributed by atoms with E-state index in [0.717, 1.165) is 41.8 Å². The van der Waals surface area contributed by atoms with E-state index in [0.29, 0.717) is 18.7 Å². The van der Waals surface area contributed by atoms with Crippen LogP contribution in [0.5, 0.6) is 0 Å². The molecule has 156 valence electrons. The monoisotopic (exact) mass is 442 g/mol. The minimum atomic E-state index is -4.46. The highest BCUT2D eigenvalue weighted by Crippen LogP contribution is 2.36. The van der Waals surface area contributed by atoms with Crippen LogP contribution in [0.25, 0.3) is 0 Å². The van der Waals surface area contributed by atoms with Crippen LogP contribution in [0, 0.1) is 11.6 Å². The third-order valence-electron chi connectivity index (χ3n) is 5.32. The van der Waals surface area contributed by atoms with Gasteiger partial charge in [0, 0.05) is 19.6 Å². The van der Waals surface area contributed by atoms with Crippen molar-refractivity contribution >= 4 is 25.7 Å². The molecule has 0 radical (unpaired) electrons. The fraction of sp³-hybridized carbons (Fsp3) is 0.368. The molecule has 2 aromatic carbocycles. The van der Waals surface area contributed by atoms with Crippen molar-refractivity contribution in [1.29, 1.82) is 0 Å². The summed E-state index contributed by atoms with van der Waals surface area (Å²) in [5.74, 6) is -2.33. The quantitative estimate of drug-likeness (QED) is 0.730. The summed E-state index contributed by atoms with van der Waals surface area (Å²) in [7, 11) is -8.12. The van der Waals surface area contributed by atoms with Crippen LogP contribution in [0.2, 0.25) is 0 Å². The number of sulfonamides is 2. The minimum Gasteiger partial charge on any atom is -0.266 e. The number of halogens is 2. The van der Waals surface area contributed by atoms with E-state index < -0.39 is 36.6 Å². The number of rotatable bonds is 4. The maximum Gasteiger partial charge on any atom is 0.270 e. The molecule has 0 amide bonds. The van der Waals surface area contributed by atoms with Crippen LogP contribution in [0.4, 0.5) is 14.5 Å². The molecule has 0 N–H and O–H groups in total. The van der Waals surface area contributed by atoms with E-state index in [9.17, 15) is 25.6 Å². The standard InChI is InChI=1S/C19H20F2N2O4S2/c20-16-5-4-6-17(21)19(16)29(26,27)23-12-9-14-13-15(7-8-18(14)23)28(24,25)22-10-2-1-3-11-22/h4-8,13H,1-3,9-12H2. The first-order valence-electron chi connectivity index (χ1n) is 9.33. The Labute approximate surface area is 168 Å². The molecule has 10 heteroatoms. The van der Waals surface area contributed by atoms with Crippen LogP contribution < -0.4 is 4.31 Å². The van der Waals surface area contributed by atoms with Crippen molar-refractivity contribution in [2.24, 2.45) is 0 Å². The van der Waals surface area contributed by atoms with Gasteiger partial charge in [-0.15, -0.1) is 0 Å². The van der Waals surface area contributed by atoms with Gasteiger partial charge in [-0.3, -0.25) is 4.31 Å². The SMILES string of the molecule is O=S(=O)(c1ccc2c(c1)CCN2S(=O)(=O)c1c(F)cccc1F)N1CCCCC1. The number of hydrogen-bond donors (Lipinski definition) is 0. The number of anilines is 1. The molecule has 2 aromatic rings. The normalized spacial score (nSPS) is 18.1. The van der Waals surface area contributed by atoms with Gasteiger partial charge in [-0.2, -0.15) is 4.31 Å². The third kappa shape index (κ3) is 3.43. The largest absolute Gasteiger partial charge is 0.270 e. The molecule has 0 saturated carbocycles. The van der Waals surface area contributed by atoms with Crippen LogP contribution in [0.15, 0.2) is 46.2 Å². The number of fused-ring (bicyclic) bond motifs is 1. The molecule has 0 aromatic heterocycles. The van der Waals surface area contributed by atoms with E-state index in [4.69, 9.17) is 0 Å². The van der Waals surface area contributed by atoms with E-state index in [1.807, 2.05) is 0 Å². The average Bonchev–Trinajstić information content (AvgIpc) is 3.12. The highest BCUT2D eigenvalue weighted by Gasteiger charge is 2.36. The van der Waals surface area contributed by atoms with E-state index >= 15 is 0 Å². The van der Waals surface area contributed by atoms with Crippen LogP contribution in [0.1, 0.15) is 24.8 Å². The highest BCUT2D eigenvalue weighted by atomic mass is 32.2. The zero-order valence-corrected chi connectivity index (χ0v) is 17.1. The summed E-state index contributed by atoms with van der Waals surface area (Å²) >= 11 is 0. The molecule has 6 nitrogen and oxygen atoms in total. The van der Waals surface area contributed by atoms with E-state index in [1.54, 1.807) is 0 Å².